The molecule has 0 saturated heterocycles. The number of hydrogen-bond donors (Lipinski definition) is 1. The molecule has 35 heavy (non-hydrogen) atoms. The van der Waals surface area contributed by atoms with E-state index in [0.29, 0.717) is 0 Å². The van der Waals surface area contributed by atoms with E-state index < -0.39 is 0 Å². The molecule has 2 heteroatoms. The van der Waals surface area contributed by atoms with Crippen LogP contribution in [0.1, 0.15) is 29.0 Å². The van der Waals surface area contributed by atoms with Crippen LogP contribution in [0, 0.1) is 5.92 Å². The first-order chi connectivity index (χ1) is 17.3. The number of nitrogens with one attached hydrogen (secondary N) is 1. The largest absolute Gasteiger partial charge is 0.364 e. The second-order valence-electron chi connectivity index (χ2n) is 9.31. The summed E-state index contributed by atoms with van der Waals surface area (Å²) in [5, 5.41) is 5.94. The fourth-order valence-electron chi connectivity index (χ4n) is 5.47. The molecule has 1 N–H and O–H groups in total. The summed E-state index contributed by atoms with van der Waals surface area (Å²) >= 11 is 0. The molecule has 2 aliphatic carbocycles. The van der Waals surface area contributed by atoms with E-state index in [1.807, 2.05) is 54.8 Å². The lowest BCUT2D eigenvalue weighted by Crippen LogP contribution is -2.39. The van der Waals surface area contributed by atoms with Crippen molar-refractivity contribution in [2.75, 3.05) is 0 Å². The van der Waals surface area contributed by atoms with Crippen LogP contribution in [-0.4, -0.2) is 5.78 Å². The third-order valence-corrected chi connectivity index (χ3v) is 7.21. The summed E-state index contributed by atoms with van der Waals surface area (Å²) in [6.45, 7) is 0. The zero-order chi connectivity index (χ0) is 23.6. The van der Waals surface area contributed by atoms with Gasteiger partial charge in [0, 0.05) is 23.7 Å². The van der Waals surface area contributed by atoms with Crippen molar-refractivity contribution < 1.29 is 4.79 Å². The van der Waals surface area contributed by atoms with E-state index >= 15 is 0 Å². The molecule has 0 amide bonds. The van der Waals surface area contributed by atoms with Gasteiger partial charge in [-0.25, -0.2) is 0 Å². The van der Waals surface area contributed by atoms with Crippen LogP contribution in [0.25, 0.3) is 29.4 Å². The number of fused-ring (bicyclic) bond motifs is 5. The minimum Gasteiger partial charge on any atom is -0.364 e. The van der Waals surface area contributed by atoms with Gasteiger partial charge < -0.3 is 5.32 Å². The van der Waals surface area contributed by atoms with E-state index in [2.05, 4.69) is 66.0 Å². The molecule has 0 radical (unpaired) electrons. The van der Waals surface area contributed by atoms with Crippen molar-refractivity contribution in [1.29, 1.82) is 0 Å². The van der Waals surface area contributed by atoms with Gasteiger partial charge in [0.05, 0.1) is 0 Å². The topological polar surface area (TPSA) is 29.1 Å². The fourth-order valence-corrected chi connectivity index (χ4v) is 5.47. The third-order valence-electron chi connectivity index (χ3n) is 7.21. The average Bonchev–Trinajstić information content (AvgIpc) is 3.21. The Kier molecular flexibility index (Phi) is 5.64. The van der Waals surface area contributed by atoms with E-state index in [-0.39, 0.29) is 17.6 Å². The highest BCUT2D eigenvalue weighted by molar-refractivity contribution is 5.99. The molecule has 0 fully saturated rings. The fraction of sp³-hybridized carbons (Fsp3) is 0.121. The van der Waals surface area contributed by atoms with Gasteiger partial charge in [-0.15, -0.1) is 0 Å². The van der Waals surface area contributed by atoms with Crippen LogP contribution < -0.4 is 15.8 Å². The molecule has 1 aliphatic heterocycles. The number of hydrogen-bond acceptors (Lipinski definition) is 2. The van der Waals surface area contributed by atoms with E-state index in [0.717, 1.165) is 24.1 Å². The average molecular weight is 454 g/mol. The Morgan fingerprint density at radius 3 is 2.63 bits per heavy atom. The molecule has 3 aromatic carbocycles. The third kappa shape index (κ3) is 4.13. The highest BCUT2D eigenvalue weighted by atomic mass is 16.1. The van der Waals surface area contributed by atoms with Crippen LogP contribution in [0.2, 0.25) is 0 Å². The Bertz CT molecular complexity index is 1540. The summed E-state index contributed by atoms with van der Waals surface area (Å²) < 4.78 is 0. The van der Waals surface area contributed by atoms with Crippen LogP contribution in [0.5, 0.6) is 0 Å². The summed E-state index contributed by atoms with van der Waals surface area (Å²) in [7, 11) is 0. The number of benzene rings is 3. The number of allylic oxidation sites excluding steroid dienone is 6. The zero-order valence-corrected chi connectivity index (χ0v) is 19.5. The lowest BCUT2D eigenvalue weighted by molar-refractivity contribution is -0.116. The van der Waals surface area contributed by atoms with Gasteiger partial charge >= 0.3 is 0 Å². The van der Waals surface area contributed by atoms with E-state index in [4.69, 9.17) is 0 Å². The van der Waals surface area contributed by atoms with Crippen molar-refractivity contribution in [2.24, 2.45) is 5.92 Å². The molecule has 2 unspecified atom stereocenters. The Morgan fingerprint density at radius 2 is 1.71 bits per heavy atom. The number of carbonyl (C=O) groups is 1. The molecule has 6 rings (SSSR count). The van der Waals surface area contributed by atoms with Crippen molar-refractivity contribution in [2.45, 2.75) is 18.8 Å². The molecule has 1 heterocycles. The SMILES string of the molecule is O=C(C=Cc1ccccc1)C1C=c2c(ccc3c2=CCc2ccccc2-3)C(C2=CC=CC=CN2)C1. The Hall–Kier alpha value is -4.17. The molecule has 0 saturated carbocycles. The second-order valence-corrected chi connectivity index (χ2v) is 9.31. The van der Waals surface area contributed by atoms with Gasteiger partial charge in [-0.1, -0.05) is 97.1 Å². The Labute approximate surface area is 206 Å². The van der Waals surface area contributed by atoms with Crippen molar-refractivity contribution >= 4 is 24.0 Å². The predicted octanol–water partition coefficient (Wildman–Crippen LogP) is 5.41. The summed E-state index contributed by atoms with van der Waals surface area (Å²) in [5.74, 6) is 0.0967. The molecular formula is C33H27NO. The molecule has 2 atom stereocenters. The van der Waals surface area contributed by atoms with Crippen LogP contribution in [0.15, 0.2) is 109 Å². The molecule has 0 aromatic heterocycles. The van der Waals surface area contributed by atoms with E-state index in [1.165, 1.54) is 32.7 Å². The molecule has 3 aliphatic rings. The van der Waals surface area contributed by atoms with Crippen LogP contribution in [-0.2, 0) is 11.2 Å². The quantitative estimate of drug-likeness (QED) is 0.535. The maximum absolute atomic E-state index is 13.4. The lowest BCUT2D eigenvalue weighted by atomic mass is 9.76. The molecule has 0 bridgehead atoms. The van der Waals surface area contributed by atoms with Crippen LogP contribution >= 0.6 is 0 Å². The van der Waals surface area contributed by atoms with Crippen LogP contribution in [0.3, 0.4) is 0 Å². The minimum absolute atomic E-state index is 0.123. The summed E-state index contributed by atoms with van der Waals surface area (Å²) in [6, 6.07) is 23.2. The lowest BCUT2D eigenvalue weighted by Gasteiger charge is -2.29. The first-order valence-corrected chi connectivity index (χ1v) is 12.3. The highest BCUT2D eigenvalue weighted by Gasteiger charge is 2.29. The van der Waals surface area contributed by atoms with Crippen molar-refractivity contribution in [3.63, 3.8) is 0 Å². The summed E-state index contributed by atoms with van der Waals surface area (Å²) in [4.78, 5) is 13.4. The van der Waals surface area contributed by atoms with Gasteiger partial charge in [-0.3, -0.25) is 4.79 Å². The first-order valence-electron chi connectivity index (χ1n) is 12.3. The Balaban J connectivity index is 1.48. The highest BCUT2D eigenvalue weighted by Crippen LogP contribution is 2.34. The molecule has 0 spiro atoms. The van der Waals surface area contributed by atoms with Gasteiger partial charge in [0.25, 0.3) is 0 Å². The first kappa shape index (κ1) is 21.4. The van der Waals surface area contributed by atoms with Gasteiger partial charge in [0.2, 0.25) is 0 Å². The molecular weight excluding hydrogens is 426 g/mol. The van der Waals surface area contributed by atoms with Crippen LogP contribution in [0.4, 0.5) is 0 Å². The maximum atomic E-state index is 13.4. The van der Waals surface area contributed by atoms with Crippen molar-refractivity contribution in [3.8, 4) is 11.1 Å². The van der Waals surface area contributed by atoms with E-state index in [1.54, 1.807) is 6.08 Å². The minimum atomic E-state index is -0.177. The number of ketones is 1. The smallest absolute Gasteiger partial charge is 0.162 e. The Morgan fingerprint density at radius 1 is 0.857 bits per heavy atom. The number of rotatable bonds is 4. The molecule has 170 valence electrons. The maximum Gasteiger partial charge on any atom is 0.162 e. The van der Waals surface area contributed by atoms with E-state index in [9.17, 15) is 4.79 Å². The molecule has 2 nitrogen and oxygen atoms in total. The van der Waals surface area contributed by atoms with Gasteiger partial charge in [-0.05, 0) is 69.3 Å². The van der Waals surface area contributed by atoms with Gasteiger partial charge in [-0.2, -0.15) is 0 Å². The second kappa shape index (κ2) is 9.23. The summed E-state index contributed by atoms with van der Waals surface area (Å²) in [5.41, 5.74) is 7.38. The van der Waals surface area contributed by atoms with Crippen molar-refractivity contribution in [1.82, 2.24) is 5.32 Å². The summed E-state index contributed by atoms with van der Waals surface area (Å²) in [6.07, 6.45) is 20.1. The van der Waals surface area contributed by atoms with Crippen molar-refractivity contribution in [3.05, 3.63) is 136 Å². The zero-order valence-electron chi connectivity index (χ0n) is 19.5. The van der Waals surface area contributed by atoms with Gasteiger partial charge in [0.1, 0.15) is 0 Å². The standard InChI is InChI=1S/C33H27NO/c35-33(19-14-23-9-3-1-4-10-23)25-21-30-28-16-15-24-11-6-7-12-26(24)27(28)17-18-29(30)31(22-25)32-13-5-2-8-20-34-32/h1-14,16-21,25,31,34H,15,22H2. The van der Waals surface area contributed by atoms with Gasteiger partial charge in [0.15, 0.2) is 5.78 Å². The monoisotopic (exact) mass is 453 g/mol. The number of carbonyl (C=O) groups excluding carboxylic acids is 1. The predicted molar refractivity (Wildman–Crippen MR) is 145 cm³/mol. The normalized spacial score (nSPS) is 19.8. The molecule has 3 aromatic rings.